The maximum atomic E-state index is 6.17. The summed E-state index contributed by atoms with van der Waals surface area (Å²) in [6.07, 6.45) is 3.37. The number of pyridine rings is 1. The summed E-state index contributed by atoms with van der Waals surface area (Å²) in [5, 5.41) is 0. The molecule has 1 unspecified atom stereocenters. The number of nitrogen functional groups attached to an aromatic ring is 1. The van der Waals surface area contributed by atoms with Crippen LogP contribution in [0.25, 0.3) is 0 Å². The van der Waals surface area contributed by atoms with Crippen LogP contribution in [0.4, 0.5) is 5.69 Å². The maximum absolute atomic E-state index is 6.17. The van der Waals surface area contributed by atoms with E-state index in [1.165, 1.54) is 0 Å². The van der Waals surface area contributed by atoms with Crippen LogP contribution in [0, 0.1) is 0 Å². The molecule has 0 amide bonds. The monoisotopic (exact) mass is 277 g/mol. The predicted octanol–water partition coefficient (Wildman–Crippen LogP) is 2.47. The van der Waals surface area contributed by atoms with Crippen molar-refractivity contribution in [2.75, 3.05) is 5.73 Å². The van der Waals surface area contributed by atoms with E-state index in [1.807, 2.05) is 24.3 Å². The molecule has 0 bridgehead atoms. The molecule has 1 atom stereocenters. The van der Waals surface area contributed by atoms with Gasteiger partial charge in [0.2, 0.25) is 0 Å². The SMILES string of the molecule is Nc1ccncc1C(N)c1ccccc1Br. The molecule has 1 heterocycles. The second-order valence-corrected chi connectivity index (χ2v) is 4.36. The minimum absolute atomic E-state index is 0.260. The van der Waals surface area contributed by atoms with E-state index in [9.17, 15) is 0 Å². The molecule has 0 aliphatic heterocycles. The summed E-state index contributed by atoms with van der Waals surface area (Å²) in [5.74, 6) is 0. The van der Waals surface area contributed by atoms with Crippen LogP contribution in [0.3, 0.4) is 0 Å². The van der Waals surface area contributed by atoms with Crippen molar-refractivity contribution in [2.45, 2.75) is 6.04 Å². The lowest BCUT2D eigenvalue weighted by Gasteiger charge is -2.15. The highest BCUT2D eigenvalue weighted by atomic mass is 79.9. The molecule has 82 valence electrons. The van der Waals surface area contributed by atoms with Gasteiger partial charge in [-0.2, -0.15) is 0 Å². The molecule has 0 spiro atoms. The fourth-order valence-electron chi connectivity index (χ4n) is 1.57. The van der Waals surface area contributed by atoms with Crippen LogP contribution in [0.2, 0.25) is 0 Å². The Labute approximate surface area is 103 Å². The highest BCUT2D eigenvalue weighted by Gasteiger charge is 2.14. The molecular formula is C12H12BrN3. The summed E-state index contributed by atoms with van der Waals surface area (Å²) in [6, 6.07) is 9.33. The molecule has 1 aromatic heterocycles. The van der Waals surface area contributed by atoms with E-state index in [1.54, 1.807) is 18.5 Å². The van der Waals surface area contributed by atoms with Gasteiger partial charge < -0.3 is 11.5 Å². The lowest BCUT2D eigenvalue weighted by molar-refractivity contribution is 0.861. The number of hydrogen-bond donors (Lipinski definition) is 2. The number of nitrogens with zero attached hydrogens (tertiary/aromatic N) is 1. The average Bonchev–Trinajstić information content (AvgIpc) is 2.29. The summed E-state index contributed by atoms with van der Waals surface area (Å²) < 4.78 is 0.978. The zero-order valence-electron chi connectivity index (χ0n) is 8.60. The van der Waals surface area contributed by atoms with E-state index in [0.29, 0.717) is 5.69 Å². The Morgan fingerprint density at radius 1 is 1.12 bits per heavy atom. The fraction of sp³-hybridized carbons (Fsp3) is 0.0833. The molecule has 0 radical (unpaired) electrons. The standard InChI is InChI=1S/C12H12BrN3/c13-10-4-2-1-3-8(10)12(15)9-7-16-6-5-11(9)14/h1-7,12H,15H2,(H2,14,16). The number of rotatable bonds is 2. The summed E-state index contributed by atoms with van der Waals surface area (Å²) in [4.78, 5) is 4.05. The molecule has 1 aromatic carbocycles. The molecule has 4 N–H and O–H groups in total. The van der Waals surface area contributed by atoms with Crippen molar-refractivity contribution in [3.05, 3.63) is 58.3 Å². The molecule has 0 aliphatic rings. The highest BCUT2D eigenvalue weighted by Crippen LogP contribution is 2.28. The van der Waals surface area contributed by atoms with E-state index in [0.717, 1.165) is 15.6 Å². The smallest absolute Gasteiger partial charge is 0.0598 e. The van der Waals surface area contributed by atoms with Crippen LogP contribution >= 0.6 is 15.9 Å². The minimum atomic E-state index is -0.260. The summed E-state index contributed by atoms with van der Waals surface area (Å²) in [6.45, 7) is 0. The summed E-state index contributed by atoms with van der Waals surface area (Å²) in [7, 11) is 0. The largest absolute Gasteiger partial charge is 0.398 e. The van der Waals surface area contributed by atoms with E-state index in [4.69, 9.17) is 11.5 Å². The first kappa shape index (κ1) is 11.1. The molecule has 4 heteroatoms. The Bertz CT molecular complexity index is 454. The Morgan fingerprint density at radius 2 is 1.88 bits per heavy atom. The van der Waals surface area contributed by atoms with Gasteiger partial charge in [0, 0.05) is 28.1 Å². The zero-order valence-corrected chi connectivity index (χ0v) is 10.2. The molecule has 0 aliphatic carbocycles. The second-order valence-electron chi connectivity index (χ2n) is 3.50. The van der Waals surface area contributed by atoms with Crippen molar-refractivity contribution in [1.82, 2.24) is 4.98 Å². The van der Waals surface area contributed by atoms with Crippen molar-refractivity contribution in [3.63, 3.8) is 0 Å². The molecule has 2 rings (SSSR count). The molecule has 0 saturated carbocycles. The average molecular weight is 278 g/mol. The topological polar surface area (TPSA) is 64.9 Å². The normalized spacial score (nSPS) is 12.4. The Balaban J connectivity index is 2.44. The Hall–Kier alpha value is -1.39. The first-order valence-corrected chi connectivity index (χ1v) is 5.69. The zero-order chi connectivity index (χ0) is 11.5. The van der Waals surface area contributed by atoms with E-state index < -0.39 is 0 Å². The molecular weight excluding hydrogens is 266 g/mol. The van der Waals surface area contributed by atoms with Gasteiger partial charge in [0.1, 0.15) is 0 Å². The third kappa shape index (κ3) is 2.08. The molecule has 0 saturated heterocycles. The van der Waals surface area contributed by atoms with Gasteiger partial charge in [0.15, 0.2) is 0 Å². The lowest BCUT2D eigenvalue weighted by atomic mass is 10.00. The van der Waals surface area contributed by atoms with Gasteiger partial charge in [-0.25, -0.2) is 0 Å². The Morgan fingerprint density at radius 3 is 2.56 bits per heavy atom. The molecule has 3 nitrogen and oxygen atoms in total. The van der Waals surface area contributed by atoms with Crippen molar-refractivity contribution in [1.29, 1.82) is 0 Å². The van der Waals surface area contributed by atoms with Crippen LogP contribution in [0.15, 0.2) is 47.2 Å². The lowest BCUT2D eigenvalue weighted by Crippen LogP contribution is -2.14. The number of hydrogen-bond acceptors (Lipinski definition) is 3. The number of aromatic nitrogens is 1. The van der Waals surface area contributed by atoms with E-state index >= 15 is 0 Å². The van der Waals surface area contributed by atoms with E-state index in [-0.39, 0.29) is 6.04 Å². The minimum Gasteiger partial charge on any atom is -0.398 e. The second kappa shape index (κ2) is 4.63. The van der Waals surface area contributed by atoms with Gasteiger partial charge in [-0.1, -0.05) is 34.1 Å². The maximum Gasteiger partial charge on any atom is 0.0598 e. The third-order valence-corrected chi connectivity index (χ3v) is 3.18. The van der Waals surface area contributed by atoms with Crippen LogP contribution < -0.4 is 11.5 Å². The number of benzene rings is 1. The van der Waals surface area contributed by atoms with Gasteiger partial charge in [-0.15, -0.1) is 0 Å². The van der Waals surface area contributed by atoms with Gasteiger partial charge in [0.25, 0.3) is 0 Å². The van der Waals surface area contributed by atoms with Gasteiger partial charge in [0.05, 0.1) is 6.04 Å². The fourth-order valence-corrected chi connectivity index (χ4v) is 2.10. The number of halogens is 1. The first-order chi connectivity index (χ1) is 7.70. The van der Waals surface area contributed by atoms with Crippen LogP contribution in [-0.4, -0.2) is 4.98 Å². The Kier molecular flexibility index (Phi) is 3.22. The quantitative estimate of drug-likeness (QED) is 0.887. The van der Waals surface area contributed by atoms with Gasteiger partial charge in [-0.3, -0.25) is 4.98 Å². The predicted molar refractivity (Wildman–Crippen MR) is 68.8 cm³/mol. The van der Waals surface area contributed by atoms with Crippen molar-refractivity contribution in [3.8, 4) is 0 Å². The summed E-state index contributed by atoms with van der Waals surface area (Å²) >= 11 is 3.48. The van der Waals surface area contributed by atoms with Crippen LogP contribution in [-0.2, 0) is 0 Å². The van der Waals surface area contributed by atoms with Crippen LogP contribution in [0.5, 0.6) is 0 Å². The first-order valence-electron chi connectivity index (χ1n) is 4.89. The van der Waals surface area contributed by atoms with Crippen molar-refractivity contribution < 1.29 is 0 Å². The van der Waals surface area contributed by atoms with Crippen LogP contribution in [0.1, 0.15) is 17.2 Å². The molecule has 2 aromatic rings. The highest BCUT2D eigenvalue weighted by molar-refractivity contribution is 9.10. The summed E-state index contributed by atoms with van der Waals surface area (Å²) in [5.41, 5.74) is 14.6. The molecule has 0 fully saturated rings. The van der Waals surface area contributed by atoms with Crippen molar-refractivity contribution >= 4 is 21.6 Å². The third-order valence-electron chi connectivity index (χ3n) is 2.46. The van der Waals surface area contributed by atoms with E-state index in [2.05, 4.69) is 20.9 Å². The molecule has 16 heavy (non-hydrogen) atoms. The van der Waals surface area contributed by atoms with Crippen molar-refractivity contribution in [2.24, 2.45) is 5.73 Å². The van der Waals surface area contributed by atoms with Gasteiger partial charge in [-0.05, 0) is 17.7 Å². The van der Waals surface area contributed by atoms with Gasteiger partial charge >= 0.3 is 0 Å². The number of nitrogens with two attached hydrogens (primary N) is 2. The number of anilines is 1.